The van der Waals surface area contributed by atoms with Gasteiger partial charge in [0.05, 0.1) is 4.47 Å². The van der Waals surface area contributed by atoms with E-state index in [0.717, 1.165) is 17.7 Å². The Labute approximate surface area is 139 Å². The molecule has 0 atom stereocenters. The van der Waals surface area contributed by atoms with Crippen LogP contribution in [0.5, 0.6) is 5.75 Å². The molecule has 2 aromatic rings. The van der Waals surface area contributed by atoms with Crippen molar-refractivity contribution < 1.29 is 17.5 Å². The Bertz CT molecular complexity index is 781. The fourth-order valence-electron chi connectivity index (χ4n) is 1.60. The largest absolute Gasteiger partial charge is 0.488 e. The molecule has 0 aromatic heterocycles. The number of halogens is 4. The summed E-state index contributed by atoms with van der Waals surface area (Å²) in [4.78, 5) is -0.605. The molecule has 0 aliphatic rings. The summed E-state index contributed by atoms with van der Waals surface area (Å²) in [6.45, 7) is 0.158. The van der Waals surface area contributed by atoms with Gasteiger partial charge in [-0.25, -0.2) is 12.8 Å². The lowest BCUT2D eigenvalue weighted by molar-refractivity contribution is 0.302. The van der Waals surface area contributed by atoms with Crippen LogP contribution in [0.2, 0.25) is 5.02 Å². The van der Waals surface area contributed by atoms with Gasteiger partial charge in [-0.3, -0.25) is 0 Å². The monoisotopic (exact) mass is 412 g/mol. The maximum Gasteiger partial charge on any atom is 0.264 e. The third kappa shape index (κ3) is 4.32. The third-order valence-electron chi connectivity index (χ3n) is 2.53. The van der Waals surface area contributed by atoms with E-state index in [1.54, 1.807) is 24.3 Å². The van der Waals surface area contributed by atoms with E-state index in [2.05, 4.69) is 15.9 Å². The summed E-state index contributed by atoms with van der Waals surface area (Å²) in [5, 5.41) is 0.560. The lowest BCUT2D eigenvalue weighted by atomic mass is 10.2. The lowest BCUT2D eigenvalue weighted by Crippen LogP contribution is -2.00. The van der Waals surface area contributed by atoms with Crippen molar-refractivity contribution in [1.29, 1.82) is 0 Å². The summed E-state index contributed by atoms with van der Waals surface area (Å²) in [5.41, 5.74) is 0.795. The molecule has 0 saturated heterocycles. The molecule has 0 aliphatic heterocycles. The van der Waals surface area contributed by atoms with Crippen LogP contribution < -0.4 is 4.74 Å². The van der Waals surface area contributed by atoms with Gasteiger partial charge in [0.15, 0.2) is 0 Å². The maximum atomic E-state index is 13.7. The Hall–Kier alpha value is -0.820. The predicted octanol–water partition coefficient (Wildman–Crippen LogP) is 4.75. The van der Waals surface area contributed by atoms with Crippen LogP contribution in [-0.2, 0) is 15.7 Å². The second-order valence-corrected chi connectivity index (χ2v) is 7.89. The van der Waals surface area contributed by atoms with Gasteiger partial charge in [-0.15, -0.1) is 0 Å². The molecule has 0 heterocycles. The van der Waals surface area contributed by atoms with E-state index in [1.165, 1.54) is 0 Å². The Morgan fingerprint density at radius 1 is 1.24 bits per heavy atom. The molecule has 21 heavy (non-hydrogen) atoms. The Balaban J connectivity index is 2.24. The van der Waals surface area contributed by atoms with Gasteiger partial charge in [0.25, 0.3) is 9.05 Å². The van der Waals surface area contributed by atoms with Crippen LogP contribution in [0.1, 0.15) is 5.56 Å². The van der Waals surface area contributed by atoms with Crippen LogP contribution in [0, 0.1) is 5.82 Å². The Kier molecular flexibility index (Phi) is 5.14. The molecule has 2 aromatic carbocycles. The van der Waals surface area contributed by atoms with Crippen LogP contribution in [-0.4, -0.2) is 8.42 Å². The van der Waals surface area contributed by atoms with Crippen molar-refractivity contribution in [3.8, 4) is 5.75 Å². The van der Waals surface area contributed by atoms with Crippen molar-refractivity contribution in [2.24, 2.45) is 0 Å². The summed E-state index contributed by atoms with van der Waals surface area (Å²) in [6.07, 6.45) is 0. The molecule has 2 rings (SSSR count). The molecule has 0 unspecified atom stereocenters. The van der Waals surface area contributed by atoms with Gasteiger partial charge in [-0.1, -0.05) is 23.7 Å². The van der Waals surface area contributed by atoms with E-state index in [-0.39, 0.29) is 16.8 Å². The molecule has 0 spiro atoms. The highest BCUT2D eigenvalue weighted by molar-refractivity contribution is 9.10. The smallest absolute Gasteiger partial charge is 0.264 e. The fourth-order valence-corrected chi connectivity index (χ4v) is 3.32. The fraction of sp³-hybridized carbons (Fsp3) is 0.0769. The molecule has 0 bridgehead atoms. The second-order valence-electron chi connectivity index (χ2n) is 4.07. The molecule has 0 saturated carbocycles. The van der Waals surface area contributed by atoms with Crippen molar-refractivity contribution in [1.82, 2.24) is 0 Å². The van der Waals surface area contributed by atoms with Crippen LogP contribution >= 0.6 is 38.2 Å². The van der Waals surface area contributed by atoms with Crippen LogP contribution in [0.15, 0.2) is 45.8 Å². The van der Waals surface area contributed by atoms with Gasteiger partial charge < -0.3 is 4.74 Å². The molecule has 0 aliphatic carbocycles. The van der Waals surface area contributed by atoms with Crippen molar-refractivity contribution in [2.45, 2.75) is 11.5 Å². The number of benzene rings is 2. The van der Waals surface area contributed by atoms with E-state index < -0.39 is 19.8 Å². The van der Waals surface area contributed by atoms with Crippen molar-refractivity contribution in [3.63, 3.8) is 0 Å². The Morgan fingerprint density at radius 3 is 2.57 bits per heavy atom. The van der Waals surface area contributed by atoms with E-state index in [1.807, 2.05) is 0 Å². The third-order valence-corrected chi connectivity index (χ3v) is 4.72. The van der Waals surface area contributed by atoms with Crippen LogP contribution in [0.4, 0.5) is 4.39 Å². The molecular weight excluding hydrogens is 406 g/mol. The summed E-state index contributed by atoms with van der Waals surface area (Å²) in [5.74, 6) is -0.814. The predicted molar refractivity (Wildman–Crippen MR) is 82.9 cm³/mol. The van der Waals surface area contributed by atoms with E-state index >= 15 is 0 Å². The highest BCUT2D eigenvalue weighted by Crippen LogP contribution is 2.32. The number of ether oxygens (including phenoxy) is 1. The van der Waals surface area contributed by atoms with Crippen molar-refractivity contribution >= 4 is 47.3 Å². The SMILES string of the molecule is O=S(=O)(Cl)c1cc(Br)c(OCc2cccc(Cl)c2)cc1F. The zero-order valence-electron chi connectivity index (χ0n) is 10.3. The molecule has 0 radical (unpaired) electrons. The van der Waals surface area contributed by atoms with Crippen molar-refractivity contribution in [3.05, 3.63) is 57.3 Å². The summed E-state index contributed by atoms with van der Waals surface area (Å²) < 4.78 is 41.8. The first kappa shape index (κ1) is 16.5. The van der Waals surface area contributed by atoms with E-state index in [0.29, 0.717) is 5.02 Å². The minimum atomic E-state index is -4.15. The highest BCUT2D eigenvalue weighted by atomic mass is 79.9. The van der Waals surface area contributed by atoms with Gasteiger partial charge in [0.1, 0.15) is 23.1 Å². The van der Waals surface area contributed by atoms with E-state index in [9.17, 15) is 12.8 Å². The first-order chi connectivity index (χ1) is 9.77. The lowest BCUT2D eigenvalue weighted by Gasteiger charge is -2.10. The van der Waals surface area contributed by atoms with Gasteiger partial charge in [0, 0.05) is 21.8 Å². The minimum Gasteiger partial charge on any atom is -0.488 e. The first-order valence-electron chi connectivity index (χ1n) is 5.58. The molecule has 0 amide bonds. The normalized spacial score (nSPS) is 11.4. The molecule has 3 nitrogen and oxygen atoms in total. The molecule has 0 N–H and O–H groups in total. The molecule has 0 fully saturated rings. The van der Waals surface area contributed by atoms with E-state index in [4.69, 9.17) is 27.0 Å². The standard InChI is InChI=1S/C13H8BrCl2FO3S/c14-10-5-13(21(16,18)19)11(17)6-12(10)20-7-8-2-1-3-9(15)4-8/h1-6H,7H2. The second kappa shape index (κ2) is 6.52. The summed E-state index contributed by atoms with van der Waals surface area (Å²) in [7, 11) is 0.983. The van der Waals surface area contributed by atoms with Gasteiger partial charge in [-0.05, 0) is 39.7 Å². The Morgan fingerprint density at radius 2 is 1.95 bits per heavy atom. The number of hydrogen-bond donors (Lipinski definition) is 0. The average molecular weight is 414 g/mol. The quantitative estimate of drug-likeness (QED) is 0.679. The maximum absolute atomic E-state index is 13.7. The molecule has 112 valence electrons. The van der Waals surface area contributed by atoms with Gasteiger partial charge in [0.2, 0.25) is 0 Å². The summed E-state index contributed by atoms with van der Waals surface area (Å²) in [6, 6.07) is 9.02. The van der Waals surface area contributed by atoms with Crippen molar-refractivity contribution in [2.75, 3.05) is 0 Å². The number of hydrogen-bond acceptors (Lipinski definition) is 3. The molecule has 8 heteroatoms. The molecular formula is C13H8BrCl2FO3S. The van der Waals surface area contributed by atoms with Crippen LogP contribution in [0.25, 0.3) is 0 Å². The zero-order valence-corrected chi connectivity index (χ0v) is 14.2. The average Bonchev–Trinajstić information content (AvgIpc) is 2.38. The zero-order chi connectivity index (χ0) is 15.6. The summed E-state index contributed by atoms with van der Waals surface area (Å²) >= 11 is 8.97. The first-order valence-corrected chi connectivity index (χ1v) is 9.06. The number of rotatable bonds is 4. The van der Waals surface area contributed by atoms with Gasteiger partial charge in [-0.2, -0.15) is 0 Å². The minimum absolute atomic E-state index is 0.158. The van der Waals surface area contributed by atoms with Gasteiger partial charge >= 0.3 is 0 Å². The topological polar surface area (TPSA) is 43.4 Å². The highest BCUT2D eigenvalue weighted by Gasteiger charge is 2.19. The van der Waals surface area contributed by atoms with Crippen LogP contribution in [0.3, 0.4) is 0 Å².